The average molecular weight is 913 g/mol. The second-order valence-electron chi connectivity index (χ2n) is 19.6. The molecule has 0 amide bonds. The van der Waals surface area contributed by atoms with Crippen LogP contribution in [0.2, 0.25) is 0 Å². The van der Waals surface area contributed by atoms with Gasteiger partial charge in [0.25, 0.3) is 0 Å². The summed E-state index contributed by atoms with van der Waals surface area (Å²) in [4.78, 5) is 34.9. The Balaban J connectivity index is 0.000000139. The fraction of sp³-hybridized carbons (Fsp3) is 0.375. The van der Waals surface area contributed by atoms with Gasteiger partial charge in [-0.1, -0.05) is 54.6 Å². The number of ether oxygens (including phenoxy) is 2. The number of hydrogen-bond acceptors (Lipinski definition) is 7. The molecule has 0 saturated heterocycles. The molecule has 0 aromatic heterocycles. The van der Waals surface area contributed by atoms with E-state index in [0.717, 1.165) is 74.1 Å². The third-order valence-electron chi connectivity index (χ3n) is 15.1. The number of halogens is 4. The van der Waals surface area contributed by atoms with Crippen molar-refractivity contribution in [3.63, 3.8) is 0 Å². The number of rotatable bonds is 11. The van der Waals surface area contributed by atoms with Crippen LogP contribution in [0.25, 0.3) is 23.3 Å². The Morgan fingerprint density at radius 1 is 0.776 bits per heavy atom. The van der Waals surface area contributed by atoms with Gasteiger partial charge in [0.15, 0.2) is 6.29 Å². The highest BCUT2D eigenvalue weighted by atomic mass is 19.1. The van der Waals surface area contributed by atoms with Crippen LogP contribution < -0.4 is 5.32 Å². The Morgan fingerprint density at radius 3 is 1.84 bits per heavy atom. The van der Waals surface area contributed by atoms with Gasteiger partial charge in [-0.2, -0.15) is 0 Å². The molecule has 11 heteroatoms. The van der Waals surface area contributed by atoms with Crippen molar-refractivity contribution in [1.82, 2.24) is 10.2 Å². The van der Waals surface area contributed by atoms with Crippen molar-refractivity contribution in [3.8, 4) is 0 Å². The summed E-state index contributed by atoms with van der Waals surface area (Å²) in [5, 5.41) is 3.88. The van der Waals surface area contributed by atoms with Gasteiger partial charge in [0.2, 0.25) is 0 Å². The summed E-state index contributed by atoms with van der Waals surface area (Å²) >= 11 is 0. The molecule has 8 aliphatic carbocycles. The number of hydrogen-bond donors (Lipinski definition) is 1. The van der Waals surface area contributed by atoms with Crippen molar-refractivity contribution in [2.45, 2.75) is 107 Å². The third kappa shape index (κ3) is 9.00. The number of aldehydes is 1. The van der Waals surface area contributed by atoms with Crippen molar-refractivity contribution in [2.75, 3.05) is 14.2 Å². The largest absolute Gasteiger partial charge is 0.466 e. The molecule has 1 N–H and O–H groups in total. The summed E-state index contributed by atoms with van der Waals surface area (Å²) in [7, 11) is 2.45. The minimum atomic E-state index is -0.973. The normalized spacial score (nSPS) is 26.2. The molecule has 7 nitrogen and oxygen atoms in total. The molecule has 1 heterocycles. The number of methoxy groups -OCH3 is 2. The molecular weight excluding hydrogens is 857 g/mol. The van der Waals surface area contributed by atoms with E-state index in [2.05, 4.69) is 76.0 Å². The number of nitrogens with zero attached hydrogens (tertiary/aromatic N) is 1. The van der Waals surface area contributed by atoms with Crippen LogP contribution in [0.3, 0.4) is 0 Å². The van der Waals surface area contributed by atoms with Crippen molar-refractivity contribution in [2.24, 2.45) is 11.8 Å². The van der Waals surface area contributed by atoms with Crippen molar-refractivity contribution >= 4 is 41.5 Å². The van der Waals surface area contributed by atoms with Gasteiger partial charge < -0.3 is 14.8 Å². The number of allylic oxidation sites excluding steroid dienone is 1. The van der Waals surface area contributed by atoms with Gasteiger partial charge in [-0.15, -0.1) is 0 Å². The van der Waals surface area contributed by atoms with Gasteiger partial charge in [-0.3, -0.25) is 9.69 Å². The topological polar surface area (TPSA) is 84.9 Å². The maximum absolute atomic E-state index is 15.7. The van der Waals surface area contributed by atoms with E-state index in [0.29, 0.717) is 17.1 Å². The molecule has 3 atom stereocenters. The number of benzene rings is 4. The van der Waals surface area contributed by atoms with E-state index in [4.69, 9.17) is 0 Å². The molecule has 1 aliphatic heterocycles. The zero-order chi connectivity index (χ0) is 47.2. The van der Waals surface area contributed by atoms with Crippen molar-refractivity contribution in [3.05, 3.63) is 164 Å². The van der Waals surface area contributed by atoms with Crippen LogP contribution in [-0.2, 0) is 31.9 Å². The molecule has 0 spiro atoms. The number of carbonyl (C=O) groups is 3. The number of carbonyl (C=O) groups excluding carboxylic acids is 3. The van der Waals surface area contributed by atoms with Gasteiger partial charge >= 0.3 is 11.9 Å². The molecule has 0 radical (unpaired) electrons. The van der Waals surface area contributed by atoms with Gasteiger partial charge in [0.05, 0.1) is 25.8 Å². The van der Waals surface area contributed by atoms with E-state index in [1.165, 1.54) is 98.1 Å². The summed E-state index contributed by atoms with van der Waals surface area (Å²) in [6, 6.07) is 22.2. The van der Waals surface area contributed by atoms with Crippen LogP contribution >= 0.6 is 0 Å². The summed E-state index contributed by atoms with van der Waals surface area (Å²) in [5.41, 5.74) is 10.0. The first-order valence-electron chi connectivity index (χ1n) is 23.3. The lowest BCUT2D eigenvalue weighted by Gasteiger charge is -2.70. The van der Waals surface area contributed by atoms with Crippen LogP contribution in [0.4, 0.5) is 17.6 Å². The molecular formula is C56H56F4N2O5. The Kier molecular flexibility index (Phi) is 12.9. The van der Waals surface area contributed by atoms with E-state index in [1.54, 1.807) is 5.57 Å². The molecule has 0 unspecified atom stereocenters. The standard InChI is InChI=1S/C28H27F2NO2.C17H21N.C11H8F2O3/c1-16-9-21-20-6-4-3-5-19(20)12-22(21)27(31(16)28-13-18(14-28)15-28)26-23(29)10-17(11-24(26)30)7-8-25(32)33-2;1-12(18-17-9-13(10-17)11-17)8-15-7-6-14-4-2-3-5-16(14)15;1-16-11(15)3-2-7-4-9(12)8(6-14)10(13)5-7/h3-8,10-11,16,18,27H,9,12-15H2,1-2H3;2-5,7,12-13,18H,6,8-11H2,1H3;2-6H,1H3/b8-7+;;3-2+/t16-,18?,27+,28?;12-,13?,17?;/m11./s1. The molecule has 9 aliphatic rings. The zero-order valence-electron chi connectivity index (χ0n) is 38.4. The van der Waals surface area contributed by atoms with Crippen LogP contribution in [-0.4, -0.2) is 60.5 Å². The molecule has 4 aromatic rings. The van der Waals surface area contributed by atoms with Gasteiger partial charge in [0, 0.05) is 40.9 Å². The molecule has 13 rings (SSSR count). The Hall–Kier alpha value is -5.91. The fourth-order valence-corrected chi connectivity index (χ4v) is 11.9. The number of fused-ring (bicyclic) bond motifs is 3. The second kappa shape index (κ2) is 18.6. The summed E-state index contributed by atoms with van der Waals surface area (Å²) in [6.07, 6.45) is 19.0. The average Bonchev–Trinajstić information content (AvgIpc) is 3.83. The summed E-state index contributed by atoms with van der Waals surface area (Å²) in [5.74, 6) is -2.42. The maximum atomic E-state index is 15.7. The van der Waals surface area contributed by atoms with Crippen molar-refractivity contribution < 1.29 is 41.4 Å². The second-order valence-corrected chi connectivity index (χ2v) is 19.6. The predicted molar refractivity (Wildman–Crippen MR) is 251 cm³/mol. The highest BCUT2D eigenvalue weighted by Crippen LogP contribution is 2.66. The first-order valence-corrected chi connectivity index (χ1v) is 23.3. The highest BCUT2D eigenvalue weighted by molar-refractivity contribution is 5.88. The van der Waals surface area contributed by atoms with Crippen molar-refractivity contribution in [1.29, 1.82) is 0 Å². The monoisotopic (exact) mass is 912 g/mol. The minimum absolute atomic E-state index is 0.0738. The third-order valence-corrected chi connectivity index (χ3v) is 15.1. The van der Waals surface area contributed by atoms with E-state index >= 15 is 8.78 Å². The lowest BCUT2D eigenvalue weighted by Crippen LogP contribution is -2.71. The van der Waals surface area contributed by atoms with E-state index in [1.807, 2.05) is 12.1 Å². The minimum Gasteiger partial charge on any atom is -0.466 e. The molecule has 348 valence electrons. The summed E-state index contributed by atoms with van der Waals surface area (Å²) < 4.78 is 66.4. The quantitative estimate of drug-likeness (QED) is 0.0694. The fourth-order valence-electron chi connectivity index (χ4n) is 11.9. The smallest absolute Gasteiger partial charge is 0.330 e. The zero-order valence-corrected chi connectivity index (χ0v) is 38.4. The summed E-state index contributed by atoms with van der Waals surface area (Å²) in [6.45, 7) is 4.56. The first kappa shape index (κ1) is 46.2. The number of nitrogens with one attached hydrogen (secondary N) is 1. The van der Waals surface area contributed by atoms with E-state index < -0.39 is 46.8 Å². The number of esters is 2. The van der Waals surface area contributed by atoms with Crippen LogP contribution in [0.1, 0.15) is 121 Å². The van der Waals surface area contributed by atoms with Gasteiger partial charge in [0.1, 0.15) is 23.3 Å². The highest BCUT2D eigenvalue weighted by Gasteiger charge is 2.63. The Labute approximate surface area is 389 Å². The van der Waals surface area contributed by atoms with Crippen LogP contribution in [0, 0.1) is 35.1 Å². The molecule has 67 heavy (non-hydrogen) atoms. The van der Waals surface area contributed by atoms with Crippen LogP contribution in [0.15, 0.2) is 96.6 Å². The molecule has 4 aromatic carbocycles. The lowest BCUT2D eigenvalue weighted by atomic mass is 9.48. The van der Waals surface area contributed by atoms with Crippen LogP contribution in [0.5, 0.6) is 0 Å². The lowest BCUT2D eigenvalue weighted by molar-refractivity contribution is -0.173. The van der Waals surface area contributed by atoms with Gasteiger partial charge in [-0.05, 0) is 176 Å². The molecule has 6 saturated carbocycles. The molecule has 4 bridgehead atoms. The first-order chi connectivity index (χ1) is 32.2. The molecule has 6 fully saturated rings. The Bertz CT molecular complexity index is 2680. The van der Waals surface area contributed by atoms with Gasteiger partial charge in [-0.25, -0.2) is 27.2 Å². The Morgan fingerprint density at radius 2 is 1.31 bits per heavy atom. The van der Waals surface area contributed by atoms with E-state index in [-0.39, 0.29) is 29.0 Å². The van der Waals surface area contributed by atoms with E-state index in [9.17, 15) is 23.2 Å². The SMILES string of the molecule is COC(=O)/C=C/c1cc(F)c(C=O)c(F)c1.COC(=O)/C=C/c1cc(F)c([C@@H]2C3=C(C[C@@H](C)N2C24CC(C2)C4)c2ccccc2C3)c(F)c1.C[C@H](CC1=CCc2ccccc21)NC12CC(C1)C2. The maximum Gasteiger partial charge on any atom is 0.330 e. The predicted octanol–water partition coefficient (Wildman–Crippen LogP) is 11.4.